The van der Waals surface area contributed by atoms with Gasteiger partial charge in [0.2, 0.25) is 0 Å². The number of rotatable bonds is 0. The second-order valence-corrected chi connectivity index (χ2v) is 4.22. The molecule has 2 fully saturated rings. The second kappa shape index (κ2) is 5.72. The van der Waals surface area contributed by atoms with E-state index in [2.05, 4.69) is 11.9 Å². The van der Waals surface area contributed by atoms with Gasteiger partial charge in [-0.05, 0) is 39.3 Å². The predicted octanol–water partition coefficient (Wildman–Crippen LogP) is 2.68. The van der Waals surface area contributed by atoms with E-state index in [1.807, 2.05) is 13.8 Å². The molecule has 0 saturated carbocycles. The van der Waals surface area contributed by atoms with E-state index in [0.717, 1.165) is 13.2 Å². The standard InChI is InChI=1S/C10H19NO.C2H6/c1-11-7-3-2-4-10(11)5-8-12-9-6-10;1-2/h2-9H2,1H3;1-2H3. The molecule has 2 heteroatoms. The van der Waals surface area contributed by atoms with Crippen LogP contribution in [0.1, 0.15) is 46.0 Å². The summed E-state index contributed by atoms with van der Waals surface area (Å²) in [6, 6.07) is 0. The van der Waals surface area contributed by atoms with E-state index >= 15 is 0 Å². The molecule has 84 valence electrons. The Morgan fingerprint density at radius 1 is 1.00 bits per heavy atom. The largest absolute Gasteiger partial charge is 0.381 e. The van der Waals surface area contributed by atoms with Gasteiger partial charge in [0.05, 0.1) is 0 Å². The van der Waals surface area contributed by atoms with Crippen molar-refractivity contribution in [2.75, 3.05) is 26.8 Å². The maximum absolute atomic E-state index is 5.42. The molecular weight excluding hydrogens is 174 g/mol. The monoisotopic (exact) mass is 199 g/mol. The van der Waals surface area contributed by atoms with Gasteiger partial charge in [0.25, 0.3) is 0 Å². The van der Waals surface area contributed by atoms with Crippen molar-refractivity contribution in [2.45, 2.75) is 51.5 Å². The zero-order valence-electron chi connectivity index (χ0n) is 10.0. The van der Waals surface area contributed by atoms with Crippen LogP contribution >= 0.6 is 0 Å². The van der Waals surface area contributed by atoms with E-state index in [4.69, 9.17) is 4.74 Å². The van der Waals surface area contributed by atoms with Crippen molar-refractivity contribution in [3.05, 3.63) is 0 Å². The number of piperidine rings is 1. The molecule has 2 saturated heterocycles. The predicted molar refractivity (Wildman–Crippen MR) is 60.6 cm³/mol. The molecular formula is C12H25NO. The van der Waals surface area contributed by atoms with Crippen LogP contribution < -0.4 is 0 Å². The summed E-state index contributed by atoms with van der Waals surface area (Å²) in [4.78, 5) is 2.57. The molecule has 2 heterocycles. The third-order valence-corrected chi connectivity index (χ3v) is 3.62. The number of hydrogen-bond donors (Lipinski definition) is 0. The van der Waals surface area contributed by atoms with Crippen LogP contribution in [-0.2, 0) is 4.74 Å². The highest BCUT2D eigenvalue weighted by atomic mass is 16.5. The van der Waals surface area contributed by atoms with Crippen molar-refractivity contribution in [1.82, 2.24) is 4.90 Å². The van der Waals surface area contributed by atoms with Crippen molar-refractivity contribution in [3.63, 3.8) is 0 Å². The highest BCUT2D eigenvalue weighted by Crippen LogP contribution is 2.35. The van der Waals surface area contributed by atoms with Gasteiger partial charge in [-0.15, -0.1) is 0 Å². The maximum Gasteiger partial charge on any atom is 0.0483 e. The van der Waals surface area contributed by atoms with Crippen LogP contribution in [0.15, 0.2) is 0 Å². The maximum atomic E-state index is 5.42. The summed E-state index contributed by atoms with van der Waals surface area (Å²) in [5.41, 5.74) is 0.524. The van der Waals surface area contributed by atoms with Crippen LogP contribution in [0.25, 0.3) is 0 Å². The van der Waals surface area contributed by atoms with E-state index in [-0.39, 0.29) is 0 Å². The number of hydrogen-bond acceptors (Lipinski definition) is 2. The quantitative estimate of drug-likeness (QED) is 0.595. The Morgan fingerprint density at radius 2 is 1.64 bits per heavy atom. The molecule has 0 unspecified atom stereocenters. The lowest BCUT2D eigenvalue weighted by Gasteiger charge is -2.47. The van der Waals surface area contributed by atoms with E-state index in [1.165, 1.54) is 38.6 Å². The normalized spacial score (nSPS) is 26.8. The summed E-state index contributed by atoms with van der Waals surface area (Å²) in [5.74, 6) is 0. The molecule has 0 N–H and O–H groups in total. The Hall–Kier alpha value is -0.0800. The smallest absolute Gasteiger partial charge is 0.0483 e. The Morgan fingerprint density at radius 3 is 2.21 bits per heavy atom. The van der Waals surface area contributed by atoms with Crippen molar-refractivity contribution in [1.29, 1.82) is 0 Å². The minimum atomic E-state index is 0.524. The Kier molecular flexibility index (Phi) is 4.90. The summed E-state index contributed by atoms with van der Waals surface area (Å²) in [6.45, 7) is 7.24. The minimum absolute atomic E-state index is 0.524. The zero-order chi connectivity index (χ0) is 10.4. The Bertz CT molecular complexity index is 144. The van der Waals surface area contributed by atoms with Gasteiger partial charge in [0.1, 0.15) is 0 Å². The van der Waals surface area contributed by atoms with Crippen LogP contribution in [0, 0.1) is 0 Å². The number of likely N-dealkylation sites (tertiary alicyclic amines) is 1. The Balaban J connectivity index is 0.000000461. The van der Waals surface area contributed by atoms with Crippen LogP contribution in [0.4, 0.5) is 0 Å². The molecule has 2 aliphatic rings. The van der Waals surface area contributed by atoms with Gasteiger partial charge in [0.15, 0.2) is 0 Å². The highest BCUT2D eigenvalue weighted by Gasteiger charge is 2.37. The fraction of sp³-hybridized carbons (Fsp3) is 1.00. The summed E-state index contributed by atoms with van der Waals surface area (Å²) in [6.07, 6.45) is 6.71. The van der Waals surface area contributed by atoms with Crippen molar-refractivity contribution in [2.24, 2.45) is 0 Å². The topological polar surface area (TPSA) is 12.5 Å². The van der Waals surface area contributed by atoms with Crippen molar-refractivity contribution in [3.8, 4) is 0 Å². The Labute approximate surface area is 88.6 Å². The highest BCUT2D eigenvalue weighted by molar-refractivity contribution is 4.93. The second-order valence-electron chi connectivity index (χ2n) is 4.22. The van der Waals surface area contributed by atoms with Gasteiger partial charge < -0.3 is 9.64 Å². The lowest BCUT2D eigenvalue weighted by Crippen LogP contribution is -2.52. The molecule has 1 spiro atoms. The van der Waals surface area contributed by atoms with E-state index in [1.54, 1.807) is 0 Å². The number of ether oxygens (including phenoxy) is 1. The molecule has 0 aromatic rings. The fourth-order valence-corrected chi connectivity index (χ4v) is 2.61. The molecule has 2 aliphatic heterocycles. The van der Waals surface area contributed by atoms with Crippen LogP contribution in [0.2, 0.25) is 0 Å². The first-order valence-electron chi connectivity index (χ1n) is 6.13. The van der Waals surface area contributed by atoms with Crippen molar-refractivity contribution < 1.29 is 4.74 Å². The molecule has 2 nitrogen and oxygen atoms in total. The molecule has 0 aromatic heterocycles. The summed E-state index contributed by atoms with van der Waals surface area (Å²) >= 11 is 0. The first-order valence-corrected chi connectivity index (χ1v) is 6.13. The molecule has 0 atom stereocenters. The van der Waals surface area contributed by atoms with E-state index in [9.17, 15) is 0 Å². The van der Waals surface area contributed by atoms with Crippen LogP contribution in [0.3, 0.4) is 0 Å². The lowest BCUT2D eigenvalue weighted by molar-refractivity contribution is -0.0364. The third kappa shape index (κ3) is 2.48. The summed E-state index contributed by atoms with van der Waals surface area (Å²) < 4.78 is 5.42. The van der Waals surface area contributed by atoms with Gasteiger partial charge in [-0.25, -0.2) is 0 Å². The molecule has 0 bridgehead atoms. The van der Waals surface area contributed by atoms with Crippen LogP contribution in [-0.4, -0.2) is 37.2 Å². The number of nitrogens with zero attached hydrogens (tertiary/aromatic N) is 1. The molecule has 0 aromatic carbocycles. The lowest BCUT2D eigenvalue weighted by atomic mass is 9.81. The fourth-order valence-electron chi connectivity index (χ4n) is 2.61. The molecule has 0 aliphatic carbocycles. The summed E-state index contributed by atoms with van der Waals surface area (Å²) in [7, 11) is 2.28. The first-order chi connectivity index (χ1) is 6.83. The zero-order valence-corrected chi connectivity index (χ0v) is 10.0. The average Bonchev–Trinajstić information content (AvgIpc) is 2.27. The minimum Gasteiger partial charge on any atom is -0.381 e. The first kappa shape index (κ1) is 12.0. The SMILES string of the molecule is CC.CN1CCCCC12CCOCC2. The van der Waals surface area contributed by atoms with Gasteiger partial charge in [0, 0.05) is 18.8 Å². The molecule has 0 amide bonds. The van der Waals surface area contributed by atoms with Gasteiger partial charge in [-0.3, -0.25) is 0 Å². The van der Waals surface area contributed by atoms with Gasteiger partial charge in [-0.2, -0.15) is 0 Å². The van der Waals surface area contributed by atoms with Gasteiger partial charge in [-0.1, -0.05) is 20.3 Å². The van der Waals surface area contributed by atoms with E-state index in [0.29, 0.717) is 5.54 Å². The molecule has 2 rings (SSSR count). The van der Waals surface area contributed by atoms with Gasteiger partial charge >= 0.3 is 0 Å². The molecule has 14 heavy (non-hydrogen) atoms. The van der Waals surface area contributed by atoms with E-state index < -0.39 is 0 Å². The van der Waals surface area contributed by atoms with Crippen molar-refractivity contribution >= 4 is 0 Å². The van der Waals surface area contributed by atoms with Crippen LogP contribution in [0.5, 0.6) is 0 Å². The third-order valence-electron chi connectivity index (χ3n) is 3.62. The summed E-state index contributed by atoms with van der Waals surface area (Å²) in [5, 5.41) is 0. The average molecular weight is 199 g/mol. The molecule has 0 radical (unpaired) electrons.